The summed E-state index contributed by atoms with van der Waals surface area (Å²) in [4.78, 5) is 186. The van der Waals surface area contributed by atoms with Crippen LogP contribution in [0.2, 0.25) is 0 Å². The molecule has 103 heavy (non-hydrogen) atoms. The van der Waals surface area contributed by atoms with Gasteiger partial charge in [0.2, 0.25) is 59.1 Å². The summed E-state index contributed by atoms with van der Waals surface area (Å²) in [6.07, 6.45) is -0.172. The smallest absolute Gasteiger partial charge is 0.326 e. The minimum atomic E-state index is -1.97. The van der Waals surface area contributed by atoms with Crippen LogP contribution < -0.4 is 110 Å². The van der Waals surface area contributed by atoms with E-state index in [-0.39, 0.29) is 133 Å². The number of aliphatic imine (C=N–C) groups is 4. The number of nitrogens with zero attached hydrogens (tertiary/aromatic N) is 4. The number of carboxylic acids is 2. The lowest BCUT2D eigenvalue weighted by molar-refractivity contribution is -0.142. The first-order valence-corrected chi connectivity index (χ1v) is 35.3. The van der Waals surface area contributed by atoms with Gasteiger partial charge in [0.25, 0.3) is 0 Å². The van der Waals surface area contributed by atoms with Crippen LogP contribution in [0.4, 0.5) is 0 Å². The van der Waals surface area contributed by atoms with Gasteiger partial charge in [-0.05, 0) is 99.6 Å². The van der Waals surface area contributed by atoms with Crippen LogP contribution in [0.1, 0.15) is 101 Å². The molecule has 1 saturated carbocycles. The monoisotopic (exact) mass is 1480 g/mol. The number of aliphatic carboxylic acids is 2. The lowest BCUT2D eigenvalue weighted by atomic mass is 9.82. The van der Waals surface area contributed by atoms with Crippen molar-refractivity contribution in [2.75, 3.05) is 52.1 Å². The van der Waals surface area contributed by atoms with Gasteiger partial charge in [-0.1, -0.05) is 65.1 Å². The van der Waals surface area contributed by atoms with Gasteiger partial charge >= 0.3 is 11.9 Å². The van der Waals surface area contributed by atoms with Crippen molar-refractivity contribution < 1.29 is 77.6 Å². The fourth-order valence-electron chi connectivity index (χ4n) is 10.7. The van der Waals surface area contributed by atoms with Crippen LogP contribution in [0.5, 0.6) is 11.5 Å². The van der Waals surface area contributed by atoms with Crippen molar-refractivity contribution in [1.82, 2.24) is 53.2 Å². The number of carbonyl (C=O) groups is 12. The van der Waals surface area contributed by atoms with Crippen LogP contribution in [0.15, 0.2) is 68.5 Å². The molecule has 1 aliphatic carbocycles. The minimum absolute atomic E-state index is 0.0237. The Balaban J connectivity index is 1.96. The number of carbonyl (C=O) groups excluding carboxylic acids is 10. The lowest BCUT2D eigenvalue weighted by Gasteiger charge is -2.42. The second kappa shape index (κ2) is 43.9. The molecule has 2 fully saturated rings. The molecule has 0 aromatic heterocycles. The van der Waals surface area contributed by atoms with E-state index in [1.165, 1.54) is 55.6 Å². The maximum atomic E-state index is 15.1. The first-order chi connectivity index (χ1) is 48.9. The van der Waals surface area contributed by atoms with Crippen LogP contribution in [0, 0.1) is 0 Å². The molecule has 1 saturated heterocycles. The number of phenols is 1. The topological polar surface area (TPSA) is 679 Å². The number of ether oxygens (including phenoxy) is 1. The SMILES string of the molecule is COc1ccc(C[C@@H]2NC(=O)[C@H](CC(=O)O)NC(=O)CNC(=O)[C@H](CCCN=C(N)N)NC(=O)[C@H](Cc3ccc(O)cc3)NC(=O)CNC(=O)C(NC(=O)[C@@H](N)CCCN=C(N)N)C3(CCCCC3)SSC[C@@H](C(=O)N[C@@H](CCCN=C(N)N)C(=O)O)NC(=O)[C@H](CCCN=C(N)N)NC2=O)cc1. The number of phenolic OH excluding ortho intramolecular Hbond substituents is 1. The van der Waals surface area contributed by atoms with E-state index in [0.29, 0.717) is 36.1 Å². The number of guanidine groups is 4. The lowest BCUT2D eigenvalue weighted by Crippen LogP contribution is -2.62. The molecule has 41 heteroatoms. The summed E-state index contributed by atoms with van der Waals surface area (Å²) in [5.41, 5.74) is 51.5. The van der Waals surface area contributed by atoms with Crippen molar-refractivity contribution in [3.63, 3.8) is 0 Å². The molecule has 9 atom stereocenters. The van der Waals surface area contributed by atoms with Gasteiger partial charge in [-0.25, -0.2) is 4.79 Å². The van der Waals surface area contributed by atoms with Crippen molar-refractivity contribution in [1.29, 1.82) is 0 Å². The number of amides is 10. The molecule has 1 heterocycles. The van der Waals surface area contributed by atoms with Crippen molar-refractivity contribution in [3.8, 4) is 11.5 Å². The van der Waals surface area contributed by atoms with E-state index in [1.807, 2.05) is 0 Å². The van der Waals surface area contributed by atoms with E-state index < -0.39 is 155 Å². The van der Waals surface area contributed by atoms with E-state index in [4.69, 9.17) is 56.3 Å². The van der Waals surface area contributed by atoms with Crippen LogP contribution in [0.25, 0.3) is 0 Å². The Kier molecular flexibility index (Phi) is 36.2. The molecule has 39 nitrogen and oxygen atoms in total. The Hall–Kier alpha value is -10.6. The molecule has 0 bridgehead atoms. The van der Waals surface area contributed by atoms with Gasteiger partial charge in [0.1, 0.15) is 59.8 Å². The quantitative estimate of drug-likeness (QED) is 0.0163. The maximum absolute atomic E-state index is 15.1. The highest BCUT2D eigenvalue weighted by molar-refractivity contribution is 8.77. The van der Waals surface area contributed by atoms with E-state index >= 15 is 9.59 Å². The number of benzene rings is 2. The molecule has 1 aliphatic heterocycles. The zero-order valence-electron chi connectivity index (χ0n) is 57.0. The molecule has 10 amide bonds. The number of hydrogen-bond donors (Lipinski definition) is 22. The van der Waals surface area contributed by atoms with E-state index in [9.17, 15) is 63.3 Å². The summed E-state index contributed by atoms with van der Waals surface area (Å²) in [6, 6.07) is -2.82. The van der Waals surface area contributed by atoms with Gasteiger partial charge in [0, 0.05) is 44.8 Å². The number of methoxy groups -OCH3 is 1. The van der Waals surface area contributed by atoms with Gasteiger partial charge < -0.3 is 125 Å². The second-order valence-electron chi connectivity index (χ2n) is 24.2. The molecule has 0 radical (unpaired) electrons. The van der Waals surface area contributed by atoms with Gasteiger partial charge in [0.05, 0.1) is 37.4 Å². The number of hydrogen-bond acceptors (Lipinski definition) is 21. The summed E-state index contributed by atoms with van der Waals surface area (Å²) < 4.78 is 3.97. The van der Waals surface area contributed by atoms with Crippen LogP contribution in [-0.2, 0) is 70.4 Å². The molecular weight excluding hydrogens is 1390 g/mol. The Morgan fingerprint density at radius 2 is 1.02 bits per heavy atom. The number of aromatic hydroxyl groups is 1. The highest BCUT2D eigenvalue weighted by Crippen LogP contribution is 2.48. The zero-order chi connectivity index (χ0) is 76.2. The molecule has 4 rings (SSSR count). The molecular formula is C62H97N23O16S2. The molecule has 2 aliphatic rings. The third-order valence-corrected chi connectivity index (χ3v) is 19.3. The van der Waals surface area contributed by atoms with Gasteiger partial charge in [-0.3, -0.25) is 72.7 Å². The van der Waals surface area contributed by atoms with Crippen molar-refractivity contribution in [2.45, 2.75) is 162 Å². The zero-order valence-corrected chi connectivity index (χ0v) is 58.7. The summed E-state index contributed by atoms with van der Waals surface area (Å²) in [6.45, 7) is -1.92. The van der Waals surface area contributed by atoms with Gasteiger partial charge in [-0.2, -0.15) is 0 Å². The second-order valence-corrected chi connectivity index (χ2v) is 26.9. The average molecular weight is 1480 g/mol. The average Bonchev–Trinajstić information content (AvgIpc) is 0.797. The Morgan fingerprint density at radius 1 is 0.573 bits per heavy atom. The fraction of sp³-hybridized carbons (Fsp3) is 0.548. The highest BCUT2D eigenvalue weighted by Gasteiger charge is 2.47. The molecule has 31 N–H and O–H groups in total. The van der Waals surface area contributed by atoms with E-state index in [2.05, 4.69) is 73.1 Å². The van der Waals surface area contributed by atoms with Gasteiger partial charge in [0.15, 0.2) is 23.8 Å². The number of nitrogens with one attached hydrogen (secondary N) is 10. The molecule has 568 valence electrons. The third kappa shape index (κ3) is 31.5. The third-order valence-electron chi connectivity index (χ3n) is 16.0. The normalized spacial score (nSPS) is 21.2. The molecule has 1 unspecified atom stereocenters. The van der Waals surface area contributed by atoms with Gasteiger partial charge in [-0.15, -0.1) is 0 Å². The minimum Gasteiger partial charge on any atom is -0.508 e. The first kappa shape index (κ1) is 84.8. The summed E-state index contributed by atoms with van der Waals surface area (Å²) in [5, 5.41) is 55.9. The number of nitrogens with two attached hydrogens (primary N) is 9. The van der Waals surface area contributed by atoms with Crippen LogP contribution in [-0.4, -0.2) is 221 Å². The predicted molar refractivity (Wildman–Crippen MR) is 383 cm³/mol. The Morgan fingerprint density at radius 3 is 1.52 bits per heavy atom. The molecule has 1 spiro atoms. The molecule has 2 aromatic carbocycles. The highest BCUT2D eigenvalue weighted by atomic mass is 33.1. The standard InChI is InChI=1S/C62H97N23O16S2/c1-101-36-19-15-34(16-20-36)28-42-53(95)81-39(11-7-25-74-60(68)69)51(93)84-44(55(97)82-40(57(99)100)12-8-26-75-61(70)71)32-102-103-62(21-3-2-4-22-62)48(85-49(91)37(63)9-5-23-72-58(64)65)56(98)77-31-46(88)78-41(27-33-13-17-35(86)18-14-33)52(94)80-38(10-6-24-73-59(66)67)50(92)76-30-45(87)79-43(29-47(89)90)54(96)83-42/h13-20,37-44,48,86H,2-12,21-32,63H2,1H3,(H,76,92)(H,77,98)(H,78,88)(H,79,87)(H,80,94)(H,81,95)(H,82,97)(H,83,96)(H,84,93)(H,85,91)(H,89,90)(H,99,100)(H4,64,65,72)(H4,66,67,73)(H4,68,69,74)(H4,70,71,75)/t37-,38-,39-,40-,41-,42-,43-,44-,48?/m0/s1. The van der Waals surface area contributed by atoms with Crippen molar-refractivity contribution in [3.05, 3.63) is 59.7 Å². The van der Waals surface area contributed by atoms with Crippen LogP contribution in [0.3, 0.4) is 0 Å². The predicted octanol–water partition coefficient (Wildman–Crippen LogP) is -6.50. The van der Waals surface area contributed by atoms with E-state index in [1.54, 1.807) is 0 Å². The summed E-state index contributed by atoms with van der Waals surface area (Å²) in [5.74, 6) is -14.6. The maximum Gasteiger partial charge on any atom is 0.326 e. The Bertz CT molecular complexity index is 3350. The van der Waals surface area contributed by atoms with Crippen molar-refractivity contribution in [2.24, 2.45) is 71.6 Å². The largest absolute Gasteiger partial charge is 0.508 e. The van der Waals surface area contributed by atoms with Crippen molar-refractivity contribution >= 4 is 116 Å². The summed E-state index contributed by atoms with van der Waals surface area (Å²) >= 11 is 0. The molecule has 2 aromatic rings. The summed E-state index contributed by atoms with van der Waals surface area (Å²) in [7, 11) is 3.37. The number of rotatable bonds is 28. The first-order valence-electron chi connectivity index (χ1n) is 33.0. The Labute approximate surface area is 601 Å². The van der Waals surface area contributed by atoms with Crippen LogP contribution >= 0.6 is 21.6 Å². The van der Waals surface area contributed by atoms with E-state index in [0.717, 1.165) is 21.6 Å². The number of carboxylic acid groups (broad SMARTS) is 2. The fourth-order valence-corrected chi connectivity index (χ4v) is 14.2.